The van der Waals surface area contributed by atoms with Gasteiger partial charge in [-0.05, 0) is 34.5 Å². The van der Waals surface area contributed by atoms with E-state index in [0.29, 0.717) is 12.1 Å². The summed E-state index contributed by atoms with van der Waals surface area (Å²) < 4.78 is 14.2. The third-order valence-electron chi connectivity index (χ3n) is 2.24. The van der Waals surface area contributed by atoms with E-state index in [1.165, 1.54) is 11.6 Å². The van der Waals surface area contributed by atoms with Gasteiger partial charge in [0.15, 0.2) is 0 Å². The molecule has 0 aliphatic carbocycles. The quantitative estimate of drug-likeness (QED) is 0.902. The highest BCUT2D eigenvalue weighted by molar-refractivity contribution is 9.10. The van der Waals surface area contributed by atoms with Gasteiger partial charge < -0.3 is 5.32 Å². The lowest BCUT2D eigenvalue weighted by atomic mass is 10.2. The van der Waals surface area contributed by atoms with Crippen molar-refractivity contribution in [1.82, 2.24) is 5.32 Å². The van der Waals surface area contributed by atoms with Crippen LogP contribution in [0.2, 0.25) is 0 Å². The molecule has 0 radical (unpaired) electrons. The summed E-state index contributed by atoms with van der Waals surface area (Å²) in [6, 6.07) is 7.20. The zero-order valence-corrected chi connectivity index (χ0v) is 10.9. The van der Waals surface area contributed by atoms with Crippen LogP contribution in [0, 0.1) is 5.82 Å². The average Bonchev–Trinajstić information content (AvgIpc) is 2.74. The summed E-state index contributed by atoms with van der Waals surface area (Å²) >= 11 is 4.91. The Labute approximate surface area is 106 Å². The van der Waals surface area contributed by atoms with E-state index in [4.69, 9.17) is 0 Å². The summed E-state index contributed by atoms with van der Waals surface area (Å²) in [6.45, 7) is 1.33. The molecule has 0 aliphatic heterocycles. The topological polar surface area (TPSA) is 12.0 Å². The molecule has 2 rings (SSSR count). The van der Waals surface area contributed by atoms with Crippen molar-refractivity contribution in [2.75, 3.05) is 0 Å². The standard InChI is InChI=1S/C12H11BrFNS/c13-11-2-1-10(12(14)5-11)7-15-6-9-3-4-16-8-9/h1-5,8,15H,6-7H2. The van der Waals surface area contributed by atoms with Gasteiger partial charge in [0.1, 0.15) is 5.82 Å². The fourth-order valence-corrected chi connectivity index (χ4v) is 2.40. The highest BCUT2D eigenvalue weighted by Crippen LogP contribution is 2.15. The number of hydrogen-bond donors (Lipinski definition) is 1. The van der Waals surface area contributed by atoms with Gasteiger partial charge in [0, 0.05) is 23.1 Å². The van der Waals surface area contributed by atoms with Gasteiger partial charge in [-0.2, -0.15) is 11.3 Å². The van der Waals surface area contributed by atoms with E-state index in [1.54, 1.807) is 17.4 Å². The minimum atomic E-state index is -0.174. The van der Waals surface area contributed by atoms with Crippen LogP contribution in [0.25, 0.3) is 0 Å². The first-order valence-corrected chi connectivity index (χ1v) is 6.65. The molecular weight excluding hydrogens is 289 g/mol. The molecule has 0 bridgehead atoms. The molecule has 0 spiro atoms. The van der Waals surface area contributed by atoms with Crippen LogP contribution in [0.5, 0.6) is 0 Å². The van der Waals surface area contributed by atoms with Crippen molar-refractivity contribution in [2.45, 2.75) is 13.1 Å². The molecule has 16 heavy (non-hydrogen) atoms. The van der Waals surface area contributed by atoms with E-state index in [-0.39, 0.29) is 5.82 Å². The van der Waals surface area contributed by atoms with Crippen molar-refractivity contribution in [2.24, 2.45) is 0 Å². The van der Waals surface area contributed by atoms with Crippen LogP contribution < -0.4 is 5.32 Å². The molecule has 0 amide bonds. The number of halogens is 2. The predicted molar refractivity (Wildman–Crippen MR) is 69.0 cm³/mol. The maximum absolute atomic E-state index is 13.4. The maximum atomic E-state index is 13.4. The molecule has 0 aliphatic rings. The first kappa shape index (κ1) is 11.8. The van der Waals surface area contributed by atoms with Crippen LogP contribution in [0.1, 0.15) is 11.1 Å². The second-order valence-corrected chi connectivity index (χ2v) is 5.17. The van der Waals surface area contributed by atoms with Crippen molar-refractivity contribution in [3.05, 3.63) is 56.4 Å². The summed E-state index contributed by atoms with van der Waals surface area (Å²) in [5.41, 5.74) is 1.93. The Balaban J connectivity index is 1.90. The summed E-state index contributed by atoms with van der Waals surface area (Å²) in [6.07, 6.45) is 0. The summed E-state index contributed by atoms with van der Waals surface area (Å²) in [5, 5.41) is 7.34. The Bertz CT molecular complexity index is 456. The smallest absolute Gasteiger partial charge is 0.128 e. The van der Waals surface area contributed by atoms with Crippen molar-refractivity contribution >= 4 is 27.3 Å². The van der Waals surface area contributed by atoms with E-state index in [9.17, 15) is 4.39 Å². The van der Waals surface area contributed by atoms with Gasteiger partial charge in [-0.25, -0.2) is 4.39 Å². The lowest BCUT2D eigenvalue weighted by molar-refractivity contribution is 0.587. The average molecular weight is 300 g/mol. The van der Waals surface area contributed by atoms with Crippen LogP contribution in [0.3, 0.4) is 0 Å². The molecule has 0 saturated carbocycles. The second-order valence-electron chi connectivity index (χ2n) is 3.47. The van der Waals surface area contributed by atoms with Gasteiger partial charge in [-0.15, -0.1) is 0 Å². The highest BCUT2D eigenvalue weighted by Gasteiger charge is 2.02. The van der Waals surface area contributed by atoms with Gasteiger partial charge in [-0.1, -0.05) is 22.0 Å². The Morgan fingerprint density at radius 3 is 2.81 bits per heavy atom. The monoisotopic (exact) mass is 299 g/mol. The van der Waals surface area contributed by atoms with E-state index in [2.05, 4.69) is 32.7 Å². The molecule has 1 nitrogen and oxygen atoms in total. The fraction of sp³-hybridized carbons (Fsp3) is 0.167. The highest BCUT2D eigenvalue weighted by atomic mass is 79.9. The zero-order chi connectivity index (χ0) is 11.4. The maximum Gasteiger partial charge on any atom is 0.128 e. The second kappa shape index (κ2) is 5.57. The molecule has 0 fully saturated rings. The number of hydrogen-bond acceptors (Lipinski definition) is 2. The lowest BCUT2D eigenvalue weighted by Crippen LogP contribution is -2.13. The molecule has 0 atom stereocenters. The minimum Gasteiger partial charge on any atom is -0.308 e. The molecule has 1 heterocycles. The van der Waals surface area contributed by atoms with Crippen molar-refractivity contribution in [3.8, 4) is 0 Å². The predicted octanol–water partition coefficient (Wildman–Crippen LogP) is 3.94. The molecule has 1 aromatic heterocycles. The van der Waals surface area contributed by atoms with Crippen molar-refractivity contribution < 1.29 is 4.39 Å². The molecule has 1 aromatic carbocycles. The van der Waals surface area contributed by atoms with E-state index in [1.807, 2.05) is 11.4 Å². The molecule has 0 saturated heterocycles. The summed E-state index contributed by atoms with van der Waals surface area (Å²) in [7, 11) is 0. The zero-order valence-electron chi connectivity index (χ0n) is 8.54. The van der Waals surface area contributed by atoms with Gasteiger partial charge >= 0.3 is 0 Å². The van der Waals surface area contributed by atoms with Crippen LogP contribution in [0.4, 0.5) is 4.39 Å². The summed E-state index contributed by atoms with van der Waals surface area (Å²) in [5.74, 6) is -0.174. The van der Waals surface area contributed by atoms with Crippen molar-refractivity contribution in [1.29, 1.82) is 0 Å². The van der Waals surface area contributed by atoms with Gasteiger partial charge in [0.2, 0.25) is 0 Å². The van der Waals surface area contributed by atoms with Crippen LogP contribution in [0.15, 0.2) is 39.5 Å². The SMILES string of the molecule is Fc1cc(Br)ccc1CNCc1ccsc1. The third-order valence-corrected chi connectivity index (χ3v) is 3.47. The Kier molecular flexibility index (Phi) is 4.09. The van der Waals surface area contributed by atoms with Gasteiger partial charge in [0.25, 0.3) is 0 Å². The van der Waals surface area contributed by atoms with Crippen LogP contribution >= 0.6 is 27.3 Å². The first-order valence-electron chi connectivity index (χ1n) is 4.91. The number of nitrogens with one attached hydrogen (secondary N) is 1. The van der Waals surface area contributed by atoms with Crippen LogP contribution in [-0.4, -0.2) is 0 Å². The number of thiophene rings is 1. The normalized spacial score (nSPS) is 10.6. The Morgan fingerprint density at radius 1 is 1.25 bits per heavy atom. The van der Waals surface area contributed by atoms with E-state index < -0.39 is 0 Å². The number of benzene rings is 1. The molecular formula is C12H11BrFNS. The molecule has 4 heteroatoms. The largest absolute Gasteiger partial charge is 0.308 e. The minimum absolute atomic E-state index is 0.174. The molecule has 1 N–H and O–H groups in total. The van der Waals surface area contributed by atoms with Crippen LogP contribution in [-0.2, 0) is 13.1 Å². The molecule has 0 unspecified atom stereocenters. The number of rotatable bonds is 4. The molecule has 2 aromatic rings. The van der Waals surface area contributed by atoms with Gasteiger partial charge in [0.05, 0.1) is 0 Å². The van der Waals surface area contributed by atoms with E-state index >= 15 is 0 Å². The van der Waals surface area contributed by atoms with E-state index in [0.717, 1.165) is 11.0 Å². The Hall–Kier alpha value is -0.710. The van der Waals surface area contributed by atoms with Gasteiger partial charge in [-0.3, -0.25) is 0 Å². The first-order chi connectivity index (χ1) is 7.75. The molecule has 84 valence electrons. The summed E-state index contributed by atoms with van der Waals surface area (Å²) in [4.78, 5) is 0. The fourth-order valence-electron chi connectivity index (χ4n) is 1.40. The lowest BCUT2D eigenvalue weighted by Gasteiger charge is -2.05. The third kappa shape index (κ3) is 3.14. The Morgan fingerprint density at radius 2 is 2.12 bits per heavy atom. The van der Waals surface area contributed by atoms with Crippen molar-refractivity contribution in [3.63, 3.8) is 0 Å².